The van der Waals surface area contributed by atoms with E-state index in [1.54, 1.807) is 48.6 Å². The van der Waals surface area contributed by atoms with Gasteiger partial charge >= 0.3 is 0 Å². The zero-order chi connectivity index (χ0) is 22.3. The number of carbonyl (C=O) groups is 2. The maximum atomic E-state index is 12.8. The van der Waals surface area contributed by atoms with Gasteiger partial charge in [0, 0.05) is 44.6 Å². The molecule has 0 unspecified atom stereocenters. The number of anilines is 1. The summed E-state index contributed by atoms with van der Waals surface area (Å²) in [4.78, 5) is 41.4. The number of aliphatic imine (C=N–C) groups is 1. The molecule has 32 heavy (non-hydrogen) atoms. The summed E-state index contributed by atoms with van der Waals surface area (Å²) in [5, 5.41) is 3.05. The molecule has 164 valence electrons. The number of ketones is 1. The predicted octanol–water partition coefficient (Wildman–Crippen LogP) is 1.84. The number of piperazine rings is 1. The Kier molecular flexibility index (Phi) is 6.54. The summed E-state index contributed by atoms with van der Waals surface area (Å²) in [5.41, 5.74) is 0.500. The number of rotatable bonds is 5. The van der Waals surface area contributed by atoms with Gasteiger partial charge in [0.25, 0.3) is 5.88 Å². The van der Waals surface area contributed by atoms with Crippen molar-refractivity contribution in [1.29, 1.82) is 0 Å². The van der Waals surface area contributed by atoms with E-state index in [0.717, 1.165) is 0 Å². The third-order valence-corrected chi connectivity index (χ3v) is 5.07. The molecule has 1 N–H and O–H groups in total. The van der Waals surface area contributed by atoms with Gasteiger partial charge in [-0.05, 0) is 24.3 Å². The summed E-state index contributed by atoms with van der Waals surface area (Å²) < 4.78 is 5.94. The fraction of sp³-hybridized carbons (Fsp3) is 0.261. The number of benzene rings is 1. The second-order valence-electron chi connectivity index (χ2n) is 7.30. The second-order valence-corrected chi connectivity index (χ2v) is 7.30. The van der Waals surface area contributed by atoms with Crippen LogP contribution in [0.25, 0.3) is 0 Å². The number of allylic oxidation sites excluding steroid dienone is 2. The van der Waals surface area contributed by atoms with E-state index in [9.17, 15) is 9.59 Å². The molecule has 9 heteroatoms. The van der Waals surface area contributed by atoms with E-state index in [1.165, 1.54) is 0 Å². The second kappa shape index (κ2) is 9.86. The van der Waals surface area contributed by atoms with E-state index in [1.807, 2.05) is 29.2 Å². The quantitative estimate of drug-likeness (QED) is 0.720. The Morgan fingerprint density at radius 1 is 1.06 bits per heavy atom. The van der Waals surface area contributed by atoms with E-state index >= 15 is 0 Å². The lowest BCUT2D eigenvalue weighted by Crippen LogP contribution is -2.49. The van der Waals surface area contributed by atoms with Gasteiger partial charge in [0.15, 0.2) is 11.7 Å². The van der Waals surface area contributed by atoms with Crippen molar-refractivity contribution in [2.75, 3.05) is 44.7 Å². The van der Waals surface area contributed by atoms with Crippen molar-refractivity contribution in [2.45, 2.75) is 0 Å². The summed E-state index contributed by atoms with van der Waals surface area (Å²) in [7, 11) is 1.78. The number of hydrogen-bond donors (Lipinski definition) is 1. The third-order valence-electron chi connectivity index (χ3n) is 5.07. The number of nitrogens with one attached hydrogen (secondary N) is 1. The number of carbonyl (C=O) groups excluding carboxylic acids is 2. The van der Waals surface area contributed by atoms with Gasteiger partial charge in [-0.2, -0.15) is 0 Å². The van der Waals surface area contributed by atoms with Gasteiger partial charge in [-0.15, -0.1) is 0 Å². The maximum Gasteiger partial charge on any atom is 0.263 e. The first-order chi connectivity index (χ1) is 15.6. The smallest absolute Gasteiger partial charge is 0.263 e. The molecule has 0 atom stereocenters. The van der Waals surface area contributed by atoms with Crippen LogP contribution in [0.4, 0.5) is 5.82 Å². The van der Waals surface area contributed by atoms with Crippen molar-refractivity contribution in [1.82, 2.24) is 20.2 Å². The van der Waals surface area contributed by atoms with Crippen molar-refractivity contribution in [3.05, 3.63) is 66.5 Å². The third kappa shape index (κ3) is 5.00. The number of ether oxygens (including phenoxy) is 1. The van der Waals surface area contributed by atoms with Crippen LogP contribution in [0, 0.1) is 0 Å². The molecule has 0 spiro atoms. The lowest BCUT2D eigenvalue weighted by Gasteiger charge is -2.32. The summed E-state index contributed by atoms with van der Waals surface area (Å²) in [6.45, 7) is 2.43. The van der Waals surface area contributed by atoms with Crippen molar-refractivity contribution >= 4 is 23.3 Å². The highest BCUT2D eigenvalue weighted by Crippen LogP contribution is 2.28. The number of amides is 1. The normalized spacial score (nSPS) is 20.2. The standard InChI is InChI=1S/C23H24N6O3/c1-28-14-15-29(16-19(28)30)22-23(27-13-12-26-22)32-18-8-6-17(7-9-18)20(31)21-24-10-4-2-3-5-11-25-21/h2-9,12-13H,10-11,14-16H2,1H3,(H,24,25)/b4-2-,5-3-. The summed E-state index contributed by atoms with van der Waals surface area (Å²) in [5.74, 6) is 1.49. The molecule has 9 nitrogen and oxygen atoms in total. The summed E-state index contributed by atoms with van der Waals surface area (Å²) in [6.07, 6.45) is 10.7. The average Bonchev–Trinajstić information content (AvgIpc) is 2.95. The molecule has 3 heterocycles. The number of nitrogens with zero attached hydrogens (tertiary/aromatic N) is 5. The summed E-state index contributed by atoms with van der Waals surface area (Å²) in [6, 6.07) is 6.79. The molecule has 0 saturated carbocycles. The molecule has 0 radical (unpaired) electrons. The van der Waals surface area contributed by atoms with Gasteiger partial charge in [0.2, 0.25) is 11.7 Å². The van der Waals surface area contributed by atoms with Gasteiger partial charge in [-0.1, -0.05) is 24.3 Å². The first-order valence-corrected chi connectivity index (χ1v) is 10.3. The van der Waals surface area contributed by atoms with E-state index in [0.29, 0.717) is 55.0 Å². The fourth-order valence-corrected chi connectivity index (χ4v) is 3.26. The Hall–Kier alpha value is -4.01. The average molecular weight is 432 g/mol. The Morgan fingerprint density at radius 2 is 1.84 bits per heavy atom. The van der Waals surface area contributed by atoms with Crippen molar-refractivity contribution in [3.8, 4) is 11.6 Å². The molecule has 1 aromatic heterocycles. The minimum atomic E-state index is -0.184. The van der Waals surface area contributed by atoms with E-state index in [-0.39, 0.29) is 18.2 Å². The molecule has 2 aliphatic heterocycles. The lowest BCUT2D eigenvalue weighted by atomic mass is 10.1. The van der Waals surface area contributed by atoms with Crippen LogP contribution in [0.5, 0.6) is 11.6 Å². The monoisotopic (exact) mass is 432 g/mol. The first-order valence-electron chi connectivity index (χ1n) is 10.3. The Morgan fingerprint density at radius 3 is 2.66 bits per heavy atom. The van der Waals surface area contributed by atoms with Crippen molar-refractivity contribution < 1.29 is 14.3 Å². The van der Waals surface area contributed by atoms with E-state index in [2.05, 4.69) is 20.3 Å². The summed E-state index contributed by atoms with van der Waals surface area (Å²) >= 11 is 0. The van der Waals surface area contributed by atoms with E-state index < -0.39 is 0 Å². The molecule has 2 aliphatic rings. The van der Waals surface area contributed by atoms with E-state index in [4.69, 9.17) is 4.74 Å². The van der Waals surface area contributed by atoms with Crippen molar-refractivity contribution in [2.24, 2.45) is 4.99 Å². The molecular formula is C23H24N6O3. The highest BCUT2D eigenvalue weighted by molar-refractivity contribution is 6.45. The molecule has 1 aromatic carbocycles. The van der Waals surface area contributed by atoms with Crippen LogP contribution in [0.15, 0.2) is 66.0 Å². The number of likely N-dealkylation sites (N-methyl/N-ethyl adjacent to an activating group) is 1. The van der Waals surface area contributed by atoms with Gasteiger partial charge < -0.3 is 19.9 Å². The minimum absolute atomic E-state index is 0.0168. The fourth-order valence-electron chi connectivity index (χ4n) is 3.26. The van der Waals surface area contributed by atoms with Crippen LogP contribution in [-0.4, -0.2) is 72.2 Å². The molecule has 0 bridgehead atoms. The van der Waals surface area contributed by atoms with Crippen LogP contribution < -0.4 is 15.0 Å². The van der Waals surface area contributed by atoms with Crippen LogP contribution in [0.3, 0.4) is 0 Å². The maximum absolute atomic E-state index is 12.8. The molecule has 1 saturated heterocycles. The zero-order valence-corrected chi connectivity index (χ0v) is 17.8. The zero-order valence-electron chi connectivity index (χ0n) is 17.8. The molecule has 0 aliphatic carbocycles. The van der Waals surface area contributed by atoms with Gasteiger partial charge in [0.05, 0.1) is 13.1 Å². The van der Waals surface area contributed by atoms with Crippen LogP contribution >= 0.6 is 0 Å². The Balaban J connectivity index is 1.48. The van der Waals surface area contributed by atoms with Gasteiger partial charge in [-0.25, -0.2) is 9.97 Å². The molecule has 1 fully saturated rings. The topological polar surface area (TPSA) is 100 Å². The van der Waals surface area contributed by atoms with Crippen LogP contribution in [0.2, 0.25) is 0 Å². The number of Topliss-reactive ketones (excluding diaryl/α,β-unsaturated/α-hetero) is 1. The van der Waals surface area contributed by atoms with Crippen LogP contribution in [0.1, 0.15) is 10.4 Å². The largest absolute Gasteiger partial charge is 0.436 e. The number of aromatic nitrogens is 2. The Bertz CT molecular complexity index is 1080. The number of amidine groups is 1. The highest BCUT2D eigenvalue weighted by Gasteiger charge is 2.25. The molecule has 2 aromatic rings. The highest BCUT2D eigenvalue weighted by atomic mass is 16.5. The SMILES string of the molecule is CN1CCN(c2nccnc2Oc2ccc(C(=O)/C3=N/C/C=C\C=C/CN3)cc2)CC1=O. The Labute approximate surface area is 186 Å². The van der Waals surface area contributed by atoms with Gasteiger partial charge in [-0.3, -0.25) is 14.6 Å². The molecule has 4 rings (SSSR count). The van der Waals surface area contributed by atoms with Crippen LogP contribution in [-0.2, 0) is 4.79 Å². The molecule has 1 amide bonds. The lowest BCUT2D eigenvalue weighted by molar-refractivity contribution is -0.129. The number of hydrogen-bond acceptors (Lipinski definition) is 8. The predicted molar refractivity (Wildman–Crippen MR) is 121 cm³/mol. The van der Waals surface area contributed by atoms with Crippen molar-refractivity contribution in [3.63, 3.8) is 0 Å². The minimum Gasteiger partial charge on any atom is -0.436 e. The molecular weight excluding hydrogens is 408 g/mol. The first kappa shape index (κ1) is 21.2. The van der Waals surface area contributed by atoms with Gasteiger partial charge in [0.1, 0.15) is 5.75 Å².